The predicted octanol–water partition coefficient (Wildman–Crippen LogP) is 8.13. The molecule has 1 saturated carbocycles. The van der Waals surface area contributed by atoms with E-state index in [0.29, 0.717) is 23.7 Å². The molecule has 1 saturated heterocycles. The normalized spacial score (nSPS) is 20.5. The third-order valence-corrected chi connectivity index (χ3v) is 8.93. The number of nitrogens with zero attached hydrogens (tertiary/aromatic N) is 1. The highest BCUT2D eigenvalue weighted by Crippen LogP contribution is 2.39. The molecule has 3 aromatic carbocycles. The SMILES string of the molecule is CC(C)(C)OC(=O)NC1CCC(NCC(c2ccccc2)c2ccc(Cl)c(-c3c(C#N)ccc(OC[C@H]4CCCO4)c3F)c2)CC1. The smallest absolute Gasteiger partial charge is 0.407 e. The van der Waals surface area contributed by atoms with Gasteiger partial charge < -0.3 is 24.8 Å². The molecule has 2 atom stereocenters. The van der Waals surface area contributed by atoms with Crippen LogP contribution >= 0.6 is 11.6 Å². The van der Waals surface area contributed by atoms with E-state index in [2.05, 4.69) is 28.8 Å². The van der Waals surface area contributed by atoms with Gasteiger partial charge in [0.15, 0.2) is 11.6 Å². The zero-order valence-corrected chi connectivity index (χ0v) is 27.5. The molecule has 1 amide bonds. The molecule has 1 heterocycles. The van der Waals surface area contributed by atoms with Crippen molar-refractivity contribution in [3.8, 4) is 22.9 Å². The summed E-state index contributed by atoms with van der Waals surface area (Å²) in [5.74, 6) is -0.589. The van der Waals surface area contributed by atoms with Crippen LogP contribution in [-0.4, -0.2) is 49.6 Å². The first kappa shape index (κ1) is 33.7. The Morgan fingerprint density at radius 2 is 1.78 bits per heavy atom. The zero-order chi connectivity index (χ0) is 32.7. The van der Waals surface area contributed by atoms with E-state index < -0.39 is 11.4 Å². The third-order valence-electron chi connectivity index (χ3n) is 8.60. The molecule has 5 rings (SSSR count). The predicted molar refractivity (Wildman–Crippen MR) is 178 cm³/mol. The lowest BCUT2D eigenvalue weighted by molar-refractivity contribution is 0.0489. The van der Waals surface area contributed by atoms with Crippen LogP contribution in [0.4, 0.5) is 9.18 Å². The summed E-state index contributed by atoms with van der Waals surface area (Å²) in [5.41, 5.74) is 2.30. The Morgan fingerprint density at radius 1 is 1.04 bits per heavy atom. The van der Waals surface area contributed by atoms with E-state index in [9.17, 15) is 10.1 Å². The van der Waals surface area contributed by atoms with Crippen molar-refractivity contribution >= 4 is 17.7 Å². The van der Waals surface area contributed by atoms with Crippen molar-refractivity contribution in [3.63, 3.8) is 0 Å². The largest absolute Gasteiger partial charge is 0.488 e. The minimum atomic E-state index is -0.609. The first-order valence-electron chi connectivity index (χ1n) is 16.2. The second-order valence-corrected chi connectivity index (χ2v) is 13.6. The van der Waals surface area contributed by atoms with Crippen molar-refractivity contribution in [1.29, 1.82) is 5.26 Å². The van der Waals surface area contributed by atoms with Gasteiger partial charge in [-0.15, -0.1) is 0 Å². The van der Waals surface area contributed by atoms with Crippen LogP contribution in [0.5, 0.6) is 5.75 Å². The first-order valence-corrected chi connectivity index (χ1v) is 16.5. The lowest BCUT2D eigenvalue weighted by atomic mass is 9.87. The van der Waals surface area contributed by atoms with Crippen molar-refractivity contribution in [3.05, 3.63) is 88.2 Å². The molecule has 0 bridgehead atoms. The van der Waals surface area contributed by atoms with Crippen LogP contribution in [-0.2, 0) is 9.47 Å². The van der Waals surface area contributed by atoms with Gasteiger partial charge in [-0.25, -0.2) is 9.18 Å². The third kappa shape index (κ3) is 8.79. The number of hydrogen-bond acceptors (Lipinski definition) is 6. The van der Waals surface area contributed by atoms with Gasteiger partial charge in [0.25, 0.3) is 0 Å². The topological polar surface area (TPSA) is 92.6 Å². The van der Waals surface area contributed by atoms with E-state index >= 15 is 4.39 Å². The van der Waals surface area contributed by atoms with Crippen LogP contribution in [0.25, 0.3) is 11.1 Å². The van der Waals surface area contributed by atoms with Crippen molar-refractivity contribution in [2.75, 3.05) is 19.8 Å². The molecule has 0 aromatic heterocycles. The number of ether oxygens (including phenoxy) is 3. The number of amides is 1. The average molecular weight is 648 g/mol. The Balaban J connectivity index is 1.34. The minimum Gasteiger partial charge on any atom is -0.488 e. The molecular weight excluding hydrogens is 605 g/mol. The molecule has 2 fully saturated rings. The van der Waals surface area contributed by atoms with Gasteiger partial charge in [0, 0.05) is 47.3 Å². The maximum absolute atomic E-state index is 16.1. The fraction of sp³-hybridized carbons (Fsp3) is 0.459. The standard InChI is InChI=1S/C37H43ClFN3O4/c1-37(2,3)46-36(43)42-28-15-13-27(14-16-28)41-22-31(24-8-5-4-6-9-24)25-11-17-32(38)30(20-25)34-26(21-40)12-18-33(35(34)39)45-23-29-10-7-19-44-29/h4-6,8-9,11-12,17-18,20,27-29,31,41H,7,10,13-16,19,22-23H2,1-3H3,(H,42,43)/t27?,28?,29-,31?/m1/s1. The molecule has 46 heavy (non-hydrogen) atoms. The van der Waals surface area contributed by atoms with Crippen molar-refractivity contribution in [2.24, 2.45) is 0 Å². The first-order chi connectivity index (χ1) is 22.1. The van der Waals surface area contributed by atoms with E-state index in [-0.39, 0.29) is 53.7 Å². The van der Waals surface area contributed by atoms with Crippen LogP contribution in [0.1, 0.15) is 81.9 Å². The summed E-state index contributed by atoms with van der Waals surface area (Å²) in [4.78, 5) is 12.2. The van der Waals surface area contributed by atoms with E-state index in [1.54, 1.807) is 12.1 Å². The minimum absolute atomic E-state index is 0.0534. The van der Waals surface area contributed by atoms with Gasteiger partial charge in [-0.3, -0.25) is 0 Å². The molecule has 1 unspecified atom stereocenters. The highest BCUT2D eigenvalue weighted by atomic mass is 35.5. The number of nitriles is 1. The molecular formula is C37H43ClFN3O4. The maximum Gasteiger partial charge on any atom is 0.407 e. The fourth-order valence-corrected chi connectivity index (χ4v) is 6.46. The Labute approximate surface area is 276 Å². The number of benzene rings is 3. The van der Waals surface area contributed by atoms with Crippen LogP contribution in [0.2, 0.25) is 5.02 Å². The molecule has 0 radical (unpaired) electrons. The molecule has 9 heteroatoms. The highest BCUT2D eigenvalue weighted by Gasteiger charge is 2.27. The van der Waals surface area contributed by atoms with Gasteiger partial charge in [-0.05, 0) is 94.7 Å². The van der Waals surface area contributed by atoms with Gasteiger partial charge in [0.05, 0.1) is 17.7 Å². The number of nitrogens with one attached hydrogen (secondary N) is 2. The van der Waals surface area contributed by atoms with Crippen molar-refractivity contribution in [2.45, 2.75) is 89.0 Å². The van der Waals surface area contributed by atoms with E-state index in [0.717, 1.165) is 49.7 Å². The van der Waals surface area contributed by atoms with Gasteiger partial charge in [0.2, 0.25) is 0 Å². The summed E-state index contributed by atoms with van der Waals surface area (Å²) >= 11 is 6.71. The molecule has 7 nitrogen and oxygen atoms in total. The molecule has 2 aliphatic rings. The van der Waals surface area contributed by atoms with E-state index in [1.165, 1.54) is 6.07 Å². The van der Waals surface area contributed by atoms with Crippen molar-refractivity contribution < 1.29 is 23.4 Å². The average Bonchev–Trinajstić information content (AvgIpc) is 3.55. The van der Waals surface area contributed by atoms with E-state index in [1.807, 2.05) is 51.1 Å². The highest BCUT2D eigenvalue weighted by molar-refractivity contribution is 6.33. The number of carbonyl (C=O) groups is 1. The Hall–Kier alpha value is -3.64. The number of halogens is 2. The zero-order valence-electron chi connectivity index (χ0n) is 26.8. The molecule has 1 aliphatic carbocycles. The van der Waals surface area contributed by atoms with Gasteiger partial charge >= 0.3 is 6.09 Å². The summed E-state index contributed by atoms with van der Waals surface area (Å²) in [6.45, 7) is 7.16. The van der Waals surface area contributed by atoms with Crippen LogP contribution in [0.3, 0.4) is 0 Å². The van der Waals surface area contributed by atoms with Crippen LogP contribution in [0.15, 0.2) is 60.7 Å². The molecule has 0 spiro atoms. The number of carbonyl (C=O) groups excluding carboxylic acids is 1. The summed E-state index contributed by atoms with van der Waals surface area (Å²) in [5, 5.41) is 17.0. The lowest BCUT2D eigenvalue weighted by Gasteiger charge is -2.32. The number of rotatable bonds is 10. The quantitative estimate of drug-likeness (QED) is 0.231. The molecule has 1 aliphatic heterocycles. The summed E-state index contributed by atoms with van der Waals surface area (Å²) in [6.07, 6.45) is 4.95. The van der Waals surface area contributed by atoms with Gasteiger partial charge in [0.1, 0.15) is 12.2 Å². The fourth-order valence-electron chi connectivity index (χ4n) is 6.25. The Kier molecular flexibility index (Phi) is 11.2. The molecule has 3 aromatic rings. The van der Waals surface area contributed by atoms with Crippen molar-refractivity contribution in [1.82, 2.24) is 10.6 Å². The van der Waals surface area contributed by atoms with Gasteiger partial charge in [-0.2, -0.15) is 5.26 Å². The van der Waals surface area contributed by atoms with E-state index in [4.69, 9.17) is 25.8 Å². The second-order valence-electron chi connectivity index (χ2n) is 13.2. The molecule has 2 N–H and O–H groups in total. The van der Waals surface area contributed by atoms with Crippen LogP contribution in [0, 0.1) is 17.1 Å². The molecule has 244 valence electrons. The second kappa shape index (κ2) is 15.3. The summed E-state index contributed by atoms with van der Waals surface area (Å²) in [7, 11) is 0. The summed E-state index contributed by atoms with van der Waals surface area (Å²) < 4.78 is 33.0. The Bertz CT molecular complexity index is 1520. The number of hydrogen-bond donors (Lipinski definition) is 2. The Morgan fingerprint density at radius 3 is 2.46 bits per heavy atom. The monoisotopic (exact) mass is 647 g/mol. The van der Waals surface area contributed by atoms with Gasteiger partial charge in [-0.1, -0.05) is 48.0 Å². The maximum atomic E-state index is 16.1. The summed E-state index contributed by atoms with van der Waals surface area (Å²) in [6, 6.07) is 21.4. The lowest BCUT2D eigenvalue weighted by Crippen LogP contribution is -2.44. The van der Waals surface area contributed by atoms with Crippen LogP contribution < -0.4 is 15.4 Å². The number of alkyl carbamates (subject to hydrolysis) is 1.